The van der Waals surface area contributed by atoms with Crippen LogP contribution in [0.25, 0.3) is 54.3 Å². The molecule has 0 amide bonds. The van der Waals surface area contributed by atoms with Crippen LogP contribution >= 0.6 is 11.3 Å². The lowest BCUT2D eigenvalue weighted by Gasteiger charge is -2.34. The molecule has 0 N–H and O–H groups in total. The molecule has 1 aliphatic heterocycles. The molecular formula is C36H25N3OS. The molecule has 5 aromatic carbocycles. The van der Waals surface area contributed by atoms with Crippen molar-refractivity contribution in [1.29, 1.82) is 0 Å². The van der Waals surface area contributed by atoms with Crippen molar-refractivity contribution in [2.24, 2.45) is 0 Å². The predicted molar refractivity (Wildman–Crippen MR) is 168 cm³/mol. The van der Waals surface area contributed by atoms with Gasteiger partial charge in [0.2, 0.25) is 0 Å². The fourth-order valence-electron chi connectivity index (χ4n) is 5.80. The summed E-state index contributed by atoms with van der Waals surface area (Å²) < 4.78 is 8.80. The van der Waals surface area contributed by atoms with Crippen LogP contribution in [-0.4, -0.2) is 15.0 Å². The second kappa shape index (κ2) is 9.08. The summed E-state index contributed by atoms with van der Waals surface area (Å²) in [5.41, 5.74) is 4.91. The highest BCUT2D eigenvalue weighted by atomic mass is 32.1. The van der Waals surface area contributed by atoms with Crippen LogP contribution in [0.2, 0.25) is 0 Å². The van der Waals surface area contributed by atoms with Crippen molar-refractivity contribution in [3.05, 3.63) is 126 Å². The van der Waals surface area contributed by atoms with E-state index in [1.807, 2.05) is 54.6 Å². The van der Waals surface area contributed by atoms with Gasteiger partial charge in [-0.05, 0) is 36.4 Å². The quantitative estimate of drug-likeness (QED) is 0.221. The number of rotatable bonds is 3. The lowest BCUT2D eigenvalue weighted by molar-refractivity contribution is 0.418. The Morgan fingerprint density at radius 3 is 1.95 bits per heavy atom. The van der Waals surface area contributed by atoms with Gasteiger partial charge in [0.15, 0.2) is 17.5 Å². The fourth-order valence-corrected chi connectivity index (χ4v) is 6.94. The Labute approximate surface area is 242 Å². The number of aromatic nitrogens is 3. The second-order valence-corrected chi connectivity index (χ2v) is 12.0. The highest BCUT2D eigenvalue weighted by molar-refractivity contribution is 7.25. The molecule has 0 saturated carbocycles. The van der Waals surface area contributed by atoms with Crippen molar-refractivity contribution in [2.45, 2.75) is 19.3 Å². The van der Waals surface area contributed by atoms with Gasteiger partial charge in [-0.2, -0.15) is 0 Å². The lowest BCUT2D eigenvalue weighted by atomic mass is 9.75. The third-order valence-electron chi connectivity index (χ3n) is 8.00. The number of hydrogen-bond acceptors (Lipinski definition) is 5. The minimum absolute atomic E-state index is 0.232. The zero-order chi connectivity index (χ0) is 27.6. The van der Waals surface area contributed by atoms with E-state index in [-0.39, 0.29) is 5.41 Å². The first-order valence-electron chi connectivity index (χ1n) is 13.7. The van der Waals surface area contributed by atoms with Crippen LogP contribution in [0.5, 0.6) is 11.5 Å². The smallest absolute Gasteiger partial charge is 0.164 e. The second-order valence-electron chi connectivity index (χ2n) is 10.9. The Morgan fingerprint density at radius 1 is 0.512 bits per heavy atom. The summed E-state index contributed by atoms with van der Waals surface area (Å²) in [5, 5.41) is 2.53. The van der Waals surface area contributed by atoms with Crippen LogP contribution in [-0.2, 0) is 5.41 Å². The average Bonchev–Trinajstić information content (AvgIpc) is 3.39. The van der Waals surface area contributed by atoms with Gasteiger partial charge in [-0.1, -0.05) is 92.7 Å². The Balaban J connectivity index is 1.30. The van der Waals surface area contributed by atoms with Crippen LogP contribution in [0.3, 0.4) is 0 Å². The number of benzene rings is 5. The Kier molecular flexibility index (Phi) is 5.31. The molecular weight excluding hydrogens is 522 g/mol. The molecule has 0 saturated heterocycles. The van der Waals surface area contributed by atoms with Gasteiger partial charge in [0.25, 0.3) is 0 Å². The van der Waals surface area contributed by atoms with E-state index >= 15 is 0 Å². The van der Waals surface area contributed by atoms with Gasteiger partial charge in [-0.3, -0.25) is 0 Å². The Hall–Kier alpha value is -4.87. The SMILES string of the molecule is CC1(C)c2ccccc2Oc2ccc(-c3nc(-c4ccccc4)nc(-c4ccc5c(c4)sc4ccccc45)n3)cc21. The first-order valence-corrected chi connectivity index (χ1v) is 14.5. The van der Waals surface area contributed by atoms with Gasteiger partial charge in [0.1, 0.15) is 11.5 Å². The Bertz CT molecular complexity index is 2110. The summed E-state index contributed by atoms with van der Waals surface area (Å²) in [4.78, 5) is 15.0. The van der Waals surface area contributed by atoms with Gasteiger partial charge in [-0.15, -0.1) is 11.3 Å². The summed E-state index contributed by atoms with van der Waals surface area (Å²) in [6.07, 6.45) is 0. The van der Waals surface area contributed by atoms with Crippen molar-refractivity contribution in [3.63, 3.8) is 0 Å². The molecule has 7 aromatic rings. The number of para-hydroxylation sites is 1. The van der Waals surface area contributed by atoms with E-state index in [1.165, 1.54) is 25.7 Å². The van der Waals surface area contributed by atoms with Gasteiger partial charge >= 0.3 is 0 Å². The van der Waals surface area contributed by atoms with E-state index in [9.17, 15) is 0 Å². The van der Waals surface area contributed by atoms with Crippen LogP contribution in [0.4, 0.5) is 0 Å². The molecule has 41 heavy (non-hydrogen) atoms. The first-order chi connectivity index (χ1) is 20.0. The predicted octanol–water partition coefficient (Wildman–Crippen LogP) is 9.67. The van der Waals surface area contributed by atoms with Gasteiger partial charge in [0.05, 0.1) is 0 Å². The van der Waals surface area contributed by atoms with E-state index in [0.717, 1.165) is 33.8 Å². The van der Waals surface area contributed by atoms with Crippen LogP contribution in [0.1, 0.15) is 25.0 Å². The summed E-state index contributed by atoms with van der Waals surface area (Å²) in [6.45, 7) is 4.48. The standard InChI is InChI=1S/C36H25N3OS/c1-36(2)27-13-7-8-14-29(27)40-30-19-17-23(20-28(30)36)34-37-33(22-10-4-3-5-11-22)38-35(39-34)24-16-18-26-25-12-6-9-15-31(25)41-32(26)21-24/h3-21H,1-2H3. The average molecular weight is 548 g/mol. The maximum Gasteiger partial charge on any atom is 0.164 e. The van der Waals surface area contributed by atoms with Crippen LogP contribution in [0.15, 0.2) is 115 Å². The van der Waals surface area contributed by atoms with E-state index in [1.54, 1.807) is 11.3 Å². The molecule has 196 valence electrons. The topological polar surface area (TPSA) is 47.9 Å². The van der Waals surface area contributed by atoms with Crippen LogP contribution in [0, 0.1) is 0 Å². The van der Waals surface area contributed by atoms with Crippen LogP contribution < -0.4 is 4.74 Å². The Morgan fingerprint density at radius 2 is 1.12 bits per heavy atom. The highest BCUT2D eigenvalue weighted by Gasteiger charge is 2.34. The molecule has 0 bridgehead atoms. The van der Waals surface area contributed by atoms with Gasteiger partial charge in [0, 0.05) is 53.4 Å². The minimum Gasteiger partial charge on any atom is -0.457 e. The third kappa shape index (κ3) is 3.92. The number of thiophene rings is 1. The molecule has 0 fully saturated rings. The van der Waals surface area contributed by atoms with Gasteiger partial charge in [-0.25, -0.2) is 15.0 Å². The van der Waals surface area contributed by atoms with E-state index in [0.29, 0.717) is 17.5 Å². The number of nitrogens with zero attached hydrogens (tertiary/aromatic N) is 3. The maximum absolute atomic E-state index is 6.30. The summed E-state index contributed by atoms with van der Waals surface area (Å²) in [6, 6.07) is 39.7. The molecule has 3 heterocycles. The molecule has 1 aliphatic rings. The van der Waals surface area contributed by atoms with E-state index < -0.39 is 0 Å². The van der Waals surface area contributed by atoms with Crippen molar-refractivity contribution in [1.82, 2.24) is 15.0 Å². The monoisotopic (exact) mass is 547 g/mol. The molecule has 0 radical (unpaired) electrons. The fraction of sp³-hybridized carbons (Fsp3) is 0.0833. The zero-order valence-electron chi connectivity index (χ0n) is 22.6. The molecule has 0 spiro atoms. The molecule has 0 unspecified atom stereocenters. The lowest BCUT2D eigenvalue weighted by Crippen LogP contribution is -2.24. The van der Waals surface area contributed by atoms with Crippen molar-refractivity contribution < 1.29 is 4.74 Å². The largest absolute Gasteiger partial charge is 0.457 e. The van der Waals surface area contributed by atoms with E-state index in [2.05, 4.69) is 74.5 Å². The molecule has 8 rings (SSSR count). The third-order valence-corrected chi connectivity index (χ3v) is 9.13. The van der Waals surface area contributed by atoms with Crippen molar-refractivity contribution >= 4 is 31.5 Å². The molecule has 0 aliphatic carbocycles. The molecule has 4 nitrogen and oxygen atoms in total. The normalized spacial score (nSPS) is 13.5. The number of hydrogen-bond donors (Lipinski definition) is 0. The first kappa shape index (κ1) is 24.0. The van der Waals surface area contributed by atoms with E-state index in [4.69, 9.17) is 19.7 Å². The molecule has 5 heteroatoms. The maximum atomic E-state index is 6.30. The number of fused-ring (bicyclic) bond motifs is 5. The molecule has 0 atom stereocenters. The highest BCUT2D eigenvalue weighted by Crippen LogP contribution is 2.48. The summed E-state index contributed by atoms with van der Waals surface area (Å²) in [5.74, 6) is 3.73. The minimum atomic E-state index is -0.232. The van der Waals surface area contributed by atoms with Crippen molar-refractivity contribution in [2.75, 3.05) is 0 Å². The summed E-state index contributed by atoms with van der Waals surface area (Å²) >= 11 is 1.80. The zero-order valence-corrected chi connectivity index (χ0v) is 23.4. The van der Waals surface area contributed by atoms with Crippen molar-refractivity contribution in [3.8, 4) is 45.7 Å². The molecule has 2 aromatic heterocycles. The van der Waals surface area contributed by atoms with Gasteiger partial charge < -0.3 is 4.74 Å². The number of ether oxygens (including phenoxy) is 1. The summed E-state index contributed by atoms with van der Waals surface area (Å²) in [7, 11) is 0.